The smallest absolute Gasteiger partial charge is 0.335 e. The summed E-state index contributed by atoms with van der Waals surface area (Å²) in [4.78, 5) is 38.0. The summed E-state index contributed by atoms with van der Waals surface area (Å²) >= 11 is 8.56. The van der Waals surface area contributed by atoms with Crippen LogP contribution in [0.3, 0.4) is 0 Å². The van der Waals surface area contributed by atoms with Crippen molar-refractivity contribution < 1.29 is 24.2 Å². The lowest BCUT2D eigenvalue weighted by Gasteiger charge is -2.29. The number of carboxylic acids is 1. The molecular formula is C25H17BrN2O5S. The Morgan fingerprint density at radius 2 is 1.76 bits per heavy atom. The lowest BCUT2D eigenvalue weighted by Crippen LogP contribution is -2.54. The van der Waals surface area contributed by atoms with Crippen LogP contribution in [0.4, 0.5) is 5.69 Å². The Kier molecular flexibility index (Phi) is 6.85. The van der Waals surface area contributed by atoms with Crippen LogP contribution >= 0.6 is 28.1 Å². The minimum Gasteiger partial charge on any atom is -0.489 e. The first kappa shape index (κ1) is 23.3. The SMILES string of the molecule is O=C1NC(=S)N(c2cccc(C(=O)O)c2)C(=O)C1=Cc1ccc(OCc2ccc(Br)cc2)cc1. The van der Waals surface area contributed by atoms with Gasteiger partial charge in [0.1, 0.15) is 17.9 Å². The van der Waals surface area contributed by atoms with E-state index in [0.717, 1.165) is 14.9 Å². The number of hydrogen-bond donors (Lipinski definition) is 2. The number of carboxylic acid groups (broad SMARTS) is 1. The number of halogens is 1. The molecule has 3 aromatic rings. The van der Waals surface area contributed by atoms with Gasteiger partial charge in [-0.15, -0.1) is 0 Å². The van der Waals surface area contributed by atoms with Crippen molar-refractivity contribution in [2.75, 3.05) is 4.90 Å². The summed E-state index contributed by atoms with van der Waals surface area (Å²) in [7, 11) is 0. The van der Waals surface area contributed by atoms with Gasteiger partial charge < -0.3 is 9.84 Å². The minimum absolute atomic E-state index is 0.00532. The minimum atomic E-state index is -1.14. The van der Waals surface area contributed by atoms with E-state index in [1.54, 1.807) is 30.3 Å². The maximum absolute atomic E-state index is 13.1. The van der Waals surface area contributed by atoms with Gasteiger partial charge in [-0.25, -0.2) is 4.79 Å². The molecule has 0 bridgehead atoms. The van der Waals surface area contributed by atoms with Crippen molar-refractivity contribution in [3.8, 4) is 5.75 Å². The maximum Gasteiger partial charge on any atom is 0.335 e. The van der Waals surface area contributed by atoms with Crippen molar-refractivity contribution in [2.45, 2.75) is 6.61 Å². The Labute approximate surface area is 208 Å². The molecular weight excluding hydrogens is 520 g/mol. The second kappa shape index (κ2) is 9.98. The zero-order valence-electron chi connectivity index (χ0n) is 17.5. The molecule has 1 saturated heterocycles. The number of hydrogen-bond acceptors (Lipinski definition) is 5. The van der Waals surface area contributed by atoms with Crippen LogP contribution in [0, 0.1) is 0 Å². The van der Waals surface area contributed by atoms with Crippen molar-refractivity contribution in [3.05, 3.63) is 99.5 Å². The first-order chi connectivity index (χ1) is 16.3. The lowest BCUT2D eigenvalue weighted by atomic mass is 10.1. The molecule has 2 N–H and O–H groups in total. The quantitative estimate of drug-likeness (QED) is 0.272. The van der Waals surface area contributed by atoms with E-state index >= 15 is 0 Å². The lowest BCUT2D eigenvalue weighted by molar-refractivity contribution is -0.122. The Morgan fingerprint density at radius 1 is 1.06 bits per heavy atom. The van der Waals surface area contributed by atoms with Crippen LogP contribution in [0.1, 0.15) is 21.5 Å². The summed E-state index contributed by atoms with van der Waals surface area (Å²) in [5, 5.41) is 11.6. The molecule has 0 aliphatic carbocycles. The molecule has 9 heteroatoms. The number of nitrogens with one attached hydrogen (secondary N) is 1. The van der Waals surface area contributed by atoms with Crippen LogP contribution in [-0.4, -0.2) is 28.0 Å². The molecule has 1 heterocycles. The molecule has 4 rings (SSSR count). The number of aromatic carboxylic acids is 1. The maximum atomic E-state index is 13.1. The Morgan fingerprint density at radius 3 is 2.44 bits per heavy atom. The Hall–Kier alpha value is -3.82. The van der Waals surface area contributed by atoms with Gasteiger partial charge in [-0.3, -0.25) is 19.8 Å². The molecule has 0 saturated carbocycles. The van der Waals surface area contributed by atoms with E-state index in [2.05, 4.69) is 21.2 Å². The number of anilines is 1. The summed E-state index contributed by atoms with van der Waals surface area (Å²) in [6.45, 7) is 0.399. The Balaban J connectivity index is 1.53. The fourth-order valence-corrected chi connectivity index (χ4v) is 3.79. The van der Waals surface area contributed by atoms with E-state index < -0.39 is 17.8 Å². The second-order valence-corrected chi connectivity index (χ2v) is 8.60. The molecule has 1 aliphatic rings. The first-order valence-corrected chi connectivity index (χ1v) is 11.2. The van der Waals surface area contributed by atoms with Gasteiger partial charge in [0.05, 0.1) is 11.3 Å². The van der Waals surface area contributed by atoms with Gasteiger partial charge in [-0.1, -0.05) is 46.3 Å². The van der Waals surface area contributed by atoms with Crippen LogP contribution in [0.2, 0.25) is 0 Å². The number of thiocarbonyl (C=S) groups is 1. The highest BCUT2D eigenvalue weighted by molar-refractivity contribution is 9.10. The van der Waals surface area contributed by atoms with Crippen LogP contribution in [-0.2, 0) is 16.2 Å². The standard InChI is InChI=1S/C25H17BrN2O5S/c26-18-8-4-16(5-9-18)14-33-20-10-6-15(7-11-20)12-21-22(29)27-25(34)28(23(21)30)19-3-1-2-17(13-19)24(31)32/h1-13H,14H2,(H,31,32)(H,27,29,34). The summed E-state index contributed by atoms with van der Waals surface area (Å²) < 4.78 is 6.77. The highest BCUT2D eigenvalue weighted by atomic mass is 79.9. The average molecular weight is 537 g/mol. The summed E-state index contributed by atoms with van der Waals surface area (Å²) in [5.41, 5.74) is 1.74. The monoisotopic (exact) mass is 536 g/mol. The molecule has 1 fully saturated rings. The number of benzene rings is 3. The number of amides is 2. The first-order valence-electron chi connectivity index (χ1n) is 10.0. The van der Waals surface area contributed by atoms with Crippen molar-refractivity contribution in [3.63, 3.8) is 0 Å². The highest BCUT2D eigenvalue weighted by Crippen LogP contribution is 2.24. The third-order valence-corrected chi connectivity index (χ3v) is 5.78. The van der Waals surface area contributed by atoms with E-state index in [1.807, 2.05) is 24.3 Å². The molecule has 7 nitrogen and oxygen atoms in total. The molecule has 0 atom stereocenters. The van der Waals surface area contributed by atoms with E-state index in [4.69, 9.17) is 17.0 Å². The van der Waals surface area contributed by atoms with Gasteiger partial charge in [-0.2, -0.15) is 0 Å². The molecule has 170 valence electrons. The second-order valence-electron chi connectivity index (χ2n) is 7.30. The van der Waals surface area contributed by atoms with Gasteiger partial charge in [0.25, 0.3) is 11.8 Å². The number of nitrogens with zero attached hydrogens (tertiary/aromatic N) is 1. The van der Waals surface area contributed by atoms with Gasteiger partial charge in [-0.05, 0) is 71.9 Å². The largest absolute Gasteiger partial charge is 0.489 e. The van der Waals surface area contributed by atoms with Crippen molar-refractivity contribution >= 4 is 62.8 Å². The Bertz CT molecular complexity index is 1320. The molecule has 0 spiro atoms. The highest BCUT2D eigenvalue weighted by Gasteiger charge is 2.34. The van der Waals surface area contributed by atoms with Crippen LogP contribution in [0.5, 0.6) is 5.75 Å². The normalized spacial score (nSPS) is 14.8. The fourth-order valence-electron chi connectivity index (χ4n) is 3.24. The molecule has 2 amide bonds. The zero-order valence-corrected chi connectivity index (χ0v) is 19.9. The molecule has 0 unspecified atom stereocenters. The van der Waals surface area contributed by atoms with Crippen molar-refractivity contribution in [2.24, 2.45) is 0 Å². The zero-order chi connectivity index (χ0) is 24.2. The predicted molar refractivity (Wildman–Crippen MR) is 135 cm³/mol. The molecule has 0 radical (unpaired) electrons. The number of carbonyl (C=O) groups excluding carboxylic acids is 2. The summed E-state index contributed by atoms with van der Waals surface area (Å²) in [6, 6.07) is 20.5. The topological polar surface area (TPSA) is 95.9 Å². The van der Waals surface area contributed by atoms with E-state index in [-0.39, 0.29) is 21.9 Å². The van der Waals surface area contributed by atoms with E-state index in [9.17, 15) is 19.5 Å². The van der Waals surface area contributed by atoms with Gasteiger partial charge >= 0.3 is 5.97 Å². The van der Waals surface area contributed by atoms with Crippen LogP contribution in [0.25, 0.3) is 6.08 Å². The number of carbonyl (C=O) groups is 3. The summed E-state index contributed by atoms with van der Waals surface area (Å²) in [5.74, 6) is -1.78. The van der Waals surface area contributed by atoms with Crippen LogP contribution in [0.15, 0.2) is 82.8 Å². The molecule has 3 aromatic carbocycles. The molecule has 34 heavy (non-hydrogen) atoms. The van der Waals surface area contributed by atoms with Gasteiger partial charge in [0, 0.05) is 4.47 Å². The fraction of sp³-hybridized carbons (Fsp3) is 0.0400. The van der Waals surface area contributed by atoms with Crippen molar-refractivity contribution in [1.29, 1.82) is 0 Å². The average Bonchev–Trinajstić information content (AvgIpc) is 2.82. The third-order valence-electron chi connectivity index (χ3n) is 4.96. The third kappa shape index (κ3) is 5.22. The summed E-state index contributed by atoms with van der Waals surface area (Å²) in [6.07, 6.45) is 1.45. The predicted octanol–water partition coefficient (Wildman–Crippen LogP) is 4.56. The molecule has 1 aliphatic heterocycles. The van der Waals surface area contributed by atoms with Crippen LogP contribution < -0.4 is 15.0 Å². The number of ether oxygens (including phenoxy) is 1. The van der Waals surface area contributed by atoms with Crippen molar-refractivity contribution in [1.82, 2.24) is 5.32 Å². The van der Waals surface area contributed by atoms with E-state index in [0.29, 0.717) is 17.9 Å². The van der Waals surface area contributed by atoms with E-state index in [1.165, 1.54) is 24.3 Å². The van der Waals surface area contributed by atoms with Gasteiger partial charge in [0.15, 0.2) is 5.11 Å². The number of rotatable bonds is 6. The molecule has 0 aromatic heterocycles. The van der Waals surface area contributed by atoms with Gasteiger partial charge in [0.2, 0.25) is 0 Å².